The Morgan fingerprint density at radius 3 is 2.52 bits per heavy atom. The molecule has 0 aliphatic heterocycles. The van der Waals surface area contributed by atoms with Gasteiger partial charge in [-0.15, -0.1) is 0 Å². The highest BCUT2D eigenvalue weighted by Gasteiger charge is 2.39. The Bertz CT molecular complexity index is 302. The maximum atomic E-state index is 12.1. The zero-order valence-electron chi connectivity index (χ0n) is 14.2. The number of carbonyl (C=O) groups is 1. The molecule has 21 heavy (non-hydrogen) atoms. The molecule has 0 aromatic rings. The van der Waals surface area contributed by atoms with Gasteiger partial charge in [0.05, 0.1) is 6.61 Å². The summed E-state index contributed by atoms with van der Waals surface area (Å²) in [5.41, 5.74) is -0.557. The molecule has 4 nitrogen and oxygen atoms in total. The Morgan fingerprint density at radius 2 is 1.95 bits per heavy atom. The van der Waals surface area contributed by atoms with Gasteiger partial charge in [-0.2, -0.15) is 0 Å². The minimum Gasteiger partial charge on any atom is -0.465 e. The third kappa shape index (κ3) is 7.82. The quantitative estimate of drug-likeness (QED) is 0.444. The summed E-state index contributed by atoms with van der Waals surface area (Å²) in [4.78, 5) is 12.1. The highest BCUT2D eigenvalue weighted by atomic mass is 16.5. The van der Waals surface area contributed by atoms with E-state index in [-0.39, 0.29) is 5.97 Å². The lowest BCUT2D eigenvalue weighted by molar-refractivity contribution is -0.151. The van der Waals surface area contributed by atoms with E-state index >= 15 is 0 Å². The van der Waals surface area contributed by atoms with E-state index in [4.69, 9.17) is 9.47 Å². The van der Waals surface area contributed by atoms with Crippen LogP contribution in [-0.2, 0) is 14.3 Å². The summed E-state index contributed by atoms with van der Waals surface area (Å²) in [6.45, 7) is 10.3. The van der Waals surface area contributed by atoms with Gasteiger partial charge in [0.2, 0.25) is 0 Å². The van der Waals surface area contributed by atoms with E-state index in [1.165, 1.54) is 19.3 Å². The molecule has 0 spiro atoms. The lowest BCUT2D eigenvalue weighted by Gasteiger charge is -2.28. The van der Waals surface area contributed by atoms with Crippen molar-refractivity contribution in [1.82, 2.24) is 5.32 Å². The predicted molar refractivity (Wildman–Crippen MR) is 85.3 cm³/mol. The first-order valence-electron chi connectivity index (χ1n) is 8.50. The molecule has 0 amide bonds. The molecule has 0 aromatic carbocycles. The zero-order valence-corrected chi connectivity index (χ0v) is 14.2. The normalized spacial score (nSPS) is 17.8. The van der Waals surface area contributed by atoms with Crippen molar-refractivity contribution < 1.29 is 14.3 Å². The van der Waals surface area contributed by atoms with E-state index < -0.39 is 5.54 Å². The molecule has 1 rings (SSSR count). The first-order valence-corrected chi connectivity index (χ1v) is 8.50. The van der Waals surface area contributed by atoms with Crippen LogP contribution in [0.1, 0.15) is 66.2 Å². The highest BCUT2D eigenvalue weighted by molar-refractivity contribution is 5.80. The molecule has 1 unspecified atom stereocenters. The van der Waals surface area contributed by atoms with Gasteiger partial charge in [0, 0.05) is 19.3 Å². The van der Waals surface area contributed by atoms with Gasteiger partial charge in [-0.05, 0) is 58.3 Å². The van der Waals surface area contributed by atoms with Crippen LogP contribution in [0, 0.1) is 5.92 Å². The second-order valence-electron chi connectivity index (χ2n) is 6.72. The smallest absolute Gasteiger partial charge is 0.326 e. The number of esters is 1. The summed E-state index contributed by atoms with van der Waals surface area (Å²) < 4.78 is 10.9. The van der Waals surface area contributed by atoms with Crippen molar-refractivity contribution in [3.63, 3.8) is 0 Å². The summed E-state index contributed by atoms with van der Waals surface area (Å²) >= 11 is 0. The van der Waals surface area contributed by atoms with E-state index in [0.717, 1.165) is 38.4 Å². The number of hydrogen-bond donors (Lipinski definition) is 1. The van der Waals surface area contributed by atoms with Crippen LogP contribution in [0.5, 0.6) is 0 Å². The van der Waals surface area contributed by atoms with Gasteiger partial charge in [0.15, 0.2) is 0 Å². The van der Waals surface area contributed by atoms with Crippen LogP contribution < -0.4 is 5.32 Å². The third-order valence-electron chi connectivity index (χ3n) is 3.86. The second-order valence-corrected chi connectivity index (χ2v) is 6.72. The van der Waals surface area contributed by atoms with Crippen molar-refractivity contribution in [2.24, 2.45) is 5.92 Å². The second kappa shape index (κ2) is 9.42. The molecular formula is C17H33NO3. The molecule has 124 valence electrons. The van der Waals surface area contributed by atoms with Crippen molar-refractivity contribution >= 4 is 5.97 Å². The van der Waals surface area contributed by atoms with Crippen molar-refractivity contribution in [3.05, 3.63) is 0 Å². The topological polar surface area (TPSA) is 47.6 Å². The number of ether oxygens (including phenoxy) is 2. The van der Waals surface area contributed by atoms with Crippen molar-refractivity contribution in [2.75, 3.05) is 19.8 Å². The van der Waals surface area contributed by atoms with E-state index in [0.29, 0.717) is 12.6 Å². The Kier molecular flexibility index (Phi) is 8.27. The van der Waals surface area contributed by atoms with E-state index in [1.54, 1.807) is 0 Å². The predicted octanol–water partition coefficient (Wildman–Crippen LogP) is 3.29. The molecule has 1 aliphatic rings. The Labute approximate surface area is 130 Å². The van der Waals surface area contributed by atoms with Crippen molar-refractivity contribution in [3.8, 4) is 0 Å². The van der Waals surface area contributed by atoms with Gasteiger partial charge in [0.1, 0.15) is 5.54 Å². The highest BCUT2D eigenvalue weighted by Crippen LogP contribution is 2.25. The summed E-state index contributed by atoms with van der Waals surface area (Å²) in [7, 11) is 0. The average molecular weight is 299 g/mol. The molecular weight excluding hydrogens is 266 g/mol. The fraction of sp³-hybridized carbons (Fsp3) is 0.941. The first-order chi connectivity index (χ1) is 9.98. The first kappa shape index (κ1) is 18.4. The number of rotatable bonds is 12. The fourth-order valence-corrected chi connectivity index (χ4v) is 2.43. The van der Waals surface area contributed by atoms with Crippen LogP contribution in [0.3, 0.4) is 0 Å². The maximum absolute atomic E-state index is 12.1. The molecule has 1 fully saturated rings. The maximum Gasteiger partial charge on any atom is 0.326 e. The molecule has 1 saturated carbocycles. The molecule has 1 aliphatic carbocycles. The van der Waals surface area contributed by atoms with Crippen LogP contribution in [-0.4, -0.2) is 37.4 Å². The van der Waals surface area contributed by atoms with Crippen molar-refractivity contribution in [2.45, 2.75) is 77.8 Å². The largest absolute Gasteiger partial charge is 0.465 e. The lowest BCUT2D eigenvalue weighted by Crippen LogP contribution is -2.51. The molecule has 0 heterocycles. The van der Waals surface area contributed by atoms with Crippen LogP contribution in [0.4, 0.5) is 0 Å². The number of nitrogens with one attached hydrogen (secondary N) is 1. The summed E-state index contributed by atoms with van der Waals surface area (Å²) in [5.74, 6) is 0.611. The van der Waals surface area contributed by atoms with Gasteiger partial charge in [-0.25, -0.2) is 0 Å². The standard InChI is InChI=1S/C17H33NO3/c1-5-21-16(19)17(4,18-15-9-10-15)11-7-13-20-12-6-8-14(2)3/h14-15,18H,5-13H2,1-4H3. The van der Waals surface area contributed by atoms with Gasteiger partial charge < -0.3 is 9.47 Å². The van der Waals surface area contributed by atoms with Crippen LogP contribution >= 0.6 is 0 Å². The molecule has 0 radical (unpaired) electrons. The van der Waals surface area contributed by atoms with Crippen LogP contribution in [0.25, 0.3) is 0 Å². The zero-order chi connectivity index (χ0) is 15.7. The lowest BCUT2D eigenvalue weighted by atomic mass is 9.95. The van der Waals surface area contributed by atoms with Crippen LogP contribution in [0.2, 0.25) is 0 Å². The average Bonchev–Trinajstić information content (AvgIpc) is 3.21. The Balaban J connectivity index is 2.21. The minimum atomic E-state index is -0.557. The number of carbonyl (C=O) groups excluding carboxylic acids is 1. The summed E-state index contributed by atoms with van der Waals surface area (Å²) in [5, 5.41) is 3.44. The minimum absolute atomic E-state index is 0.128. The van der Waals surface area contributed by atoms with Gasteiger partial charge >= 0.3 is 5.97 Å². The molecule has 4 heteroatoms. The summed E-state index contributed by atoms with van der Waals surface area (Å²) in [6.07, 6.45) is 6.32. The molecule has 1 N–H and O–H groups in total. The fourth-order valence-electron chi connectivity index (χ4n) is 2.43. The monoisotopic (exact) mass is 299 g/mol. The van der Waals surface area contributed by atoms with E-state index in [2.05, 4.69) is 19.2 Å². The molecule has 0 saturated heterocycles. The SMILES string of the molecule is CCOC(=O)C(C)(CCCOCCCC(C)C)NC1CC1. The van der Waals surface area contributed by atoms with Crippen molar-refractivity contribution in [1.29, 1.82) is 0 Å². The van der Waals surface area contributed by atoms with Crippen LogP contribution in [0.15, 0.2) is 0 Å². The van der Waals surface area contributed by atoms with E-state index in [1.807, 2.05) is 13.8 Å². The molecule has 0 bridgehead atoms. The Hall–Kier alpha value is -0.610. The summed E-state index contributed by atoms with van der Waals surface area (Å²) in [6, 6.07) is 0.492. The molecule has 0 aromatic heterocycles. The van der Waals surface area contributed by atoms with Gasteiger partial charge in [-0.1, -0.05) is 13.8 Å². The van der Waals surface area contributed by atoms with E-state index in [9.17, 15) is 4.79 Å². The van der Waals surface area contributed by atoms with Gasteiger partial charge in [-0.3, -0.25) is 10.1 Å². The Morgan fingerprint density at radius 1 is 1.29 bits per heavy atom. The third-order valence-corrected chi connectivity index (χ3v) is 3.86. The number of hydrogen-bond acceptors (Lipinski definition) is 4. The molecule has 1 atom stereocenters. The van der Waals surface area contributed by atoms with Gasteiger partial charge in [0.25, 0.3) is 0 Å².